The van der Waals surface area contributed by atoms with Crippen LogP contribution >= 0.6 is 0 Å². The maximum absolute atomic E-state index is 13.1. The van der Waals surface area contributed by atoms with E-state index in [1.807, 2.05) is 31.2 Å². The number of anilines is 1. The fourth-order valence-electron chi connectivity index (χ4n) is 4.88. The zero-order chi connectivity index (χ0) is 21.3. The molecule has 2 saturated heterocycles. The average molecular weight is 415 g/mol. The van der Waals surface area contributed by atoms with E-state index in [2.05, 4.69) is 10.2 Å². The normalized spacial score (nSPS) is 26.9. The van der Waals surface area contributed by atoms with Crippen LogP contribution in [-0.4, -0.2) is 73.0 Å². The highest BCUT2D eigenvalue weighted by Crippen LogP contribution is 2.38. The summed E-state index contributed by atoms with van der Waals surface area (Å²) in [6, 6.07) is 7.43. The molecule has 4 amide bonds. The van der Waals surface area contributed by atoms with Gasteiger partial charge < -0.3 is 19.9 Å². The highest BCUT2D eigenvalue weighted by Gasteiger charge is 2.55. The molecule has 3 aliphatic rings. The number of methoxy groups -OCH3 is 1. The molecule has 0 bridgehead atoms. The van der Waals surface area contributed by atoms with Crippen LogP contribution in [0, 0.1) is 5.92 Å². The van der Waals surface area contributed by atoms with E-state index in [1.165, 1.54) is 0 Å². The molecule has 2 atom stereocenters. The number of carbonyl (C=O) groups is 3. The van der Waals surface area contributed by atoms with E-state index in [-0.39, 0.29) is 24.3 Å². The van der Waals surface area contributed by atoms with E-state index in [4.69, 9.17) is 4.74 Å². The summed E-state index contributed by atoms with van der Waals surface area (Å²) in [5.74, 6) is 0.500. The molecule has 0 unspecified atom stereocenters. The molecule has 1 aromatic carbocycles. The Kier molecular flexibility index (Phi) is 5.58. The van der Waals surface area contributed by atoms with E-state index in [1.54, 1.807) is 12.0 Å². The van der Waals surface area contributed by atoms with Crippen LogP contribution < -0.4 is 15.0 Å². The quantitative estimate of drug-likeness (QED) is 0.761. The first-order valence-electron chi connectivity index (χ1n) is 10.8. The molecule has 1 saturated carbocycles. The summed E-state index contributed by atoms with van der Waals surface area (Å²) in [6.45, 7) is 4.38. The van der Waals surface area contributed by atoms with Crippen molar-refractivity contribution in [2.75, 3.05) is 44.7 Å². The smallest absolute Gasteiger partial charge is 0.325 e. The Bertz CT molecular complexity index is 819. The molecule has 1 aliphatic carbocycles. The van der Waals surface area contributed by atoms with Crippen molar-refractivity contribution in [1.82, 2.24) is 15.1 Å². The van der Waals surface area contributed by atoms with Gasteiger partial charge in [-0.1, -0.05) is 19.8 Å². The topological polar surface area (TPSA) is 82.2 Å². The molecule has 0 aromatic heterocycles. The number of ether oxygens (including phenoxy) is 1. The van der Waals surface area contributed by atoms with Gasteiger partial charge in [0.2, 0.25) is 5.91 Å². The lowest BCUT2D eigenvalue weighted by Gasteiger charge is -2.37. The average Bonchev–Trinajstić information content (AvgIpc) is 3.01. The Morgan fingerprint density at radius 2 is 1.83 bits per heavy atom. The first-order chi connectivity index (χ1) is 14.4. The van der Waals surface area contributed by atoms with Crippen molar-refractivity contribution >= 4 is 23.5 Å². The van der Waals surface area contributed by atoms with Crippen LogP contribution in [0.5, 0.6) is 5.75 Å². The third-order valence-electron chi connectivity index (χ3n) is 6.86. The van der Waals surface area contributed by atoms with Gasteiger partial charge in [-0.3, -0.25) is 14.5 Å². The van der Waals surface area contributed by atoms with E-state index >= 15 is 0 Å². The lowest BCUT2D eigenvalue weighted by atomic mass is 9.73. The number of benzene rings is 1. The van der Waals surface area contributed by atoms with Gasteiger partial charge in [-0.05, 0) is 43.0 Å². The molecule has 1 aromatic rings. The molecule has 3 fully saturated rings. The summed E-state index contributed by atoms with van der Waals surface area (Å²) >= 11 is 0. The number of hydrogen-bond donors (Lipinski definition) is 1. The molecule has 8 nitrogen and oxygen atoms in total. The minimum atomic E-state index is -0.817. The maximum Gasteiger partial charge on any atom is 0.325 e. The number of rotatable bonds is 4. The second kappa shape index (κ2) is 8.16. The third-order valence-corrected chi connectivity index (χ3v) is 6.86. The molecule has 4 rings (SSSR count). The molecule has 162 valence electrons. The van der Waals surface area contributed by atoms with Crippen LogP contribution in [0.4, 0.5) is 10.5 Å². The summed E-state index contributed by atoms with van der Waals surface area (Å²) in [6.07, 6.45) is 3.57. The number of nitrogens with one attached hydrogen (secondary N) is 1. The fraction of sp³-hybridized carbons (Fsp3) is 0.591. The largest absolute Gasteiger partial charge is 0.497 e. The van der Waals surface area contributed by atoms with E-state index in [9.17, 15) is 14.4 Å². The van der Waals surface area contributed by atoms with Gasteiger partial charge in [-0.15, -0.1) is 0 Å². The van der Waals surface area contributed by atoms with Gasteiger partial charge in [0.05, 0.1) is 7.11 Å². The van der Waals surface area contributed by atoms with Gasteiger partial charge in [0.1, 0.15) is 17.8 Å². The molecule has 8 heteroatoms. The van der Waals surface area contributed by atoms with Crippen LogP contribution in [0.3, 0.4) is 0 Å². The van der Waals surface area contributed by atoms with Crippen LogP contribution in [0.1, 0.15) is 32.6 Å². The van der Waals surface area contributed by atoms with Crippen LogP contribution in [-0.2, 0) is 9.59 Å². The van der Waals surface area contributed by atoms with Crippen LogP contribution in [0.25, 0.3) is 0 Å². The number of nitrogens with zero attached hydrogens (tertiary/aromatic N) is 3. The van der Waals surface area contributed by atoms with Gasteiger partial charge >= 0.3 is 6.03 Å². The third kappa shape index (κ3) is 3.59. The summed E-state index contributed by atoms with van der Waals surface area (Å²) in [4.78, 5) is 43.5. The van der Waals surface area contributed by atoms with Crippen molar-refractivity contribution < 1.29 is 19.1 Å². The number of urea groups is 1. The standard InChI is InChI=1S/C22H30N4O4/c1-16-5-3-4-10-22(16)20(28)26(21(29)23-22)15-19(27)25-13-11-24(12-14-25)17-6-8-18(30-2)9-7-17/h6-9,16H,3-5,10-15H2,1-2H3,(H,23,29)/t16-,22+/m0/s1. The van der Waals surface area contributed by atoms with Crippen LogP contribution in [0.15, 0.2) is 24.3 Å². The fourth-order valence-corrected chi connectivity index (χ4v) is 4.88. The molecular weight excluding hydrogens is 384 g/mol. The van der Waals surface area contributed by atoms with Crippen molar-refractivity contribution in [3.8, 4) is 5.75 Å². The molecule has 2 aliphatic heterocycles. The number of piperazine rings is 1. The minimum Gasteiger partial charge on any atom is -0.497 e. The molecule has 2 heterocycles. The second-order valence-electron chi connectivity index (χ2n) is 8.51. The second-order valence-corrected chi connectivity index (χ2v) is 8.51. The number of amides is 4. The maximum atomic E-state index is 13.1. The molecule has 1 spiro atoms. The molecule has 30 heavy (non-hydrogen) atoms. The van der Waals surface area contributed by atoms with Gasteiger partial charge in [0.25, 0.3) is 5.91 Å². The number of carbonyl (C=O) groups excluding carboxylic acids is 3. The molecule has 0 radical (unpaired) electrons. The van der Waals surface area contributed by atoms with Crippen molar-refractivity contribution in [3.05, 3.63) is 24.3 Å². The lowest BCUT2D eigenvalue weighted by molar-refractivity contribution is -0.140. The highest BCUT2D eigenvalue weighted by molar-refractivity contribution is 6.09. The Balaban J connectivity index is 1.34. The highest BCUT2D eigenvalue weighted by atomic mass is 16.5. The first kappa shape index (κ1) is 20.5. The zero-order valence-corrected chi connectivity index (χ0v) is 17.7. The Hall–Kier alpha value is -2.77. The van der Waals surface area contributed by atoms with Crippen molar-refractivity contribution in [1.29, 1.82) is 0 Å². The van der Waals surface area contributed by atoms with Crippen molar-refractivity contribution in [2.24, 2.45) is 5.92 Å². The number of imide groups is 1. The summed E-state index contributed by atoms with van der Waals surface area (Å²) in [5, 5.41) is 2.91. The number of hydrogen-bond acceptors (Lipinski definition) is 5. The Labute approximate surface area is 177 Å². The summed E-state index contributed by atoms with van der Waals surface area (Å²) in [7, 11) is 1.64. The lowest BCUT2D eigenvalue weighted by Crippen LogP contribution is -2.55. The predicted molar refractivity (Wildman–Crippen MR) is 112 cm³/mol. The van der Waals surface area contributed by atoms with E-state index < -0.39 is 11.6 Å². The van der Waals surface area contributed by atoms with E-state index in [0.29, 0.717) is 32.6 Å². The van der Waals surface area contributed by atoms with Gasteiger partial charge in [0.15, 0.2) is 0 Å². The molecule has 1 N–H and O–H groups in total. The summed E-state index contributed by atoms with van der Waals surface area (Å²) < 4.78 is 5.20. The monoisotopic (exact) mass is 414 g/mol. The van der Waals surface area contributed by atoms with Gasteiger partial charge in [-0.25, -0.2) is 4.79 Å². The molecular formula is C22H30N4O4. The SMILES string of the molecule is COc1ccc(N2CCN(C(=O)CN3C(=O)N[C@@]4(CCCC[C@@H]4C)C3=O)CC2)cc1. The first-order valence-corrected chi connectivity index (χ1v) is 10.8. The Morgan fingerprint density at radius 1 is 1.13 bits per heavy atom. The predicted octanol–water partition coefficient (Wildman–Crippen LogP) is 1.84. The zero-order valence-electron chi connectivity index (χ0n) is 17.7. The van der Waals surface area contributed by atoms with Crippen molar-refractivity contribution in [3.63, 3.8) is 0 Å². The van der Waals surface area contributed by atoms with Gasteiger partial charge in [0, 0.05) is 31.9 Å². The summed E-state index contributed by atoms with van der Waals surface area (Å²) in [5.41, 5.74) is 0.271. The van der Waals surface area contributed by atoms with Crippen LogP contribution in [0.2, 0.25) is 0 Å². The van der Waals surface area contributed by atoms with E-state index in [0.717, 1.165) is 35.6 Å². The minimum absolute atomic E-state index is 0.0934. The van der Waals surface area contributed by atoms with Gasteiger partial charge in [-0.2, -0.15) is 0 Å². The Morgan fingerprint density at radius 3 is 2.47 bits per heavy atom. The van der Waals surface area contributed by atoms with Crippen molar-refractivity contribution in [2.45, 2.75) is 38.1 Å².